The van der Waals surface area contributed by atoms with Gasteiger partial charge in [-0.15, -0.1) is 0 Å². The lowest BCUT2D eigenvalue weighted by molar-refractivity contribution is 0.480. The lowest BCUT2D eigenvalue weighted by Gasteiger charge is -2.05. The molecule has 0 unspecified atom stereocenters. The van der Waals surface area contributed by atoms with Gasteiger partial charge in [-0.2, -0.15) is 0 Å². The quantitative estimate of drug-likeness (QED) is 0.757. The number of aromatic amines is 1. The van der Waals surface area contributed by atoms with Gasteiger partial charge in [0, 0.05) is 10.5 Å². The number of halogens is 1. The van der Waals surface area contributed by atoms with E-state index in [1.54, 1.807) is 0 Å². The van der Waals surface area contributed by atoms with Crippen LogP contribution in [0.1, 0.15) is 5.56 Å². The Labute approximate surface area is 88.5 Å². The van der Waals surface area contributed by atoms with Crippen molar-refractivity contribution in [1.82, 2.24) is 4.98 Å². The number of H-pyrrole nitrogens is 1. The summed E-state index contributed by atoms with van der Waals surface area (Å²) in [4.78, 5) is 13.8. The molecule has 2 rings (SSSR count). The second kappa shape index (κ2) is 3.13. The molecule has 0 aliphatic heterocycles. The summed E-state index contributed by atoms with van der Waals surface area (Å²) in [7, 11) is 0. The monoisotopic (exact) mass is 253 g/mol. The topological polar surface area (TPSA) is 53.1 Å². The highest BCUT2D eigenvalue weighted by atomic mass is 79.9. The minimum absolute atomic E-state index is 0.000625. The van der Waals surface area contributed by atoms with E-state index < -0.39 is 0 Å². The first kappa shape index (κ1) is 9.27. The Morgan fingerprint density at radius 3 is 2.86 bits per heavy atom. The van der Waals surface area contributed by atoms with E-state index in [-0.39, 0.29) is 11.3 Å². The molecule has 0 atom stereocenters. The highest BCUT2D eigenvalue weighted by Gasteiger charge is 2.07. The van der Waals surface area contributed by atoms with Crippen LogP contribution >= 0.6 is 15.9 Å². The Bertz CT molecular complexity index is 560. The molecule has 0 saturated heterocycles. The van der Waals surface area contributed by atoms with E-state index in [4.69, 9.17) is 0 Å². The Morgan fingerprint density at radius 1 is 1.43 bits per heavy atom. The second-order valence-electron chi connectivity index (χ2n) is 3.13. The van der Waals surface area contributed by atoms with E-state index in [1.807, 2.05) is 19.1 Å². The minimum atomic E-state index is -0.295. The van der Waals surface area contributed by atoms with Crippen LogP contribution in [-0.2, 0) is 0 Å². The van der Waals surface area contributed by atoms with Crippen LogP contribution in [0.25, 0.3) is 10.9 Å². The van der Waals surface area contributed by atoms with Gasteiger partial charge in [0.2, 0.25) is 0 Å². The molecule has 0 spiro atoms. The summed E-state index contributed by atoms with van der Waals surface area (Å²) in [6.07, 6.45) is 0. The smallest absolute Gasteiger partial charge is 0.252 e. The third-order valence-electron chi connectivity index (χ3n) is 2.13. The number of benzene rings is 1. The Kier molecular flexibility index (Phi) is 2.07. The van der Waals surface area contributed by atoms with E-state index in [2.05, 4.69) is 20.9 Å². The molecule has 1 aromatic heterocycles. The lowest BCUT2D eigenvalue weighted by Crippen LogP contribution is -2.04. The molecule has 0 amide bonds. The maximum atomic E-state index is 11.1. The van der Waals surface area contributed by atoms with Crippen molar-refractivity contribution in [3.8, 4) is 5.75 Å². The number of aromatic hydroxyl groups is 1. The van der Waals surface area contributed by atoms with Crippen molar-refractivity contribution >= 4 is 26.8 Å². The fraction of sp³-hybridized carbons (Fsp3) is 0.100. The molecule has 14 heavy (non-hydrogen) atoms. The minimum Gasteiger partial charge on any atom is -0.507 e. The van der Waals surface area contributed by atoms with Gasteiger partial charge < -0.3 is 10.1 Å². The predicted octanol–water partition coefficient (Wildman–Crippen LogP) is 2.30. The van der Waals surface area contributed by atoms with Gasteiger partial charge in [0.25, 0.3) is 5.56 Å². The zero-order valence-corrected chi connectivity index (χ0v) is 9.05. The third-order valence-corrected chi connectivity index (χ3v) is 2.80. The zero-order valence-electron chi connectivity index (χ0n) is 7.47. The summed E-state index contributed by atoms with van der Waals surface area (Å²) < 4.78 is 0.770. The molecule has 3 nitrogen and oxygen atoms in total. The van der Waals surface area contributed by atoms with E-state index >= 15 is 0 Å². The van der Waals surface area contributed by atoms with Crippen molar-refractivity contribution in [3.05, 3.63) is 38.6 Å². The van der Waals surface area contributed by atoms with Crippen LogP contribution in [0.4, 0.5) is 0 Å². The van der Waals surface area contributed by atoms with E-state index in [0.717, 1.165) is 10.0 Å². The van der Waals surface area contributed by atoms with E-state index in [1.165, 1.54) is 6.07 Å². The van der Waals surface area contributed by atoms with Gasteiger partial charge in [-0.3, -0.25) is 4.79 Å². The molecule has 0 aliphatic carbocycles. The van der Waals surface area contributed by atoms with Crippen LogP contribution in [0.15, 0.2) is 27.5 Å². The number of aryl methyl sites for hydroxylation is 1. The molecule has 0 radical (unpaired) electrons. The molecule has 2 aromatic rings. The standard InChI is InChI=1S/C10H8BrNO2/c1-5-2-3-6(11)9-7(13)4-8(14)12-10(5)9/h2-4H,1H3,(H2,12,13,14). The number of hydrogen-bond acceptors (Lipinski definition) is 2. The molecule has 0 bridgehead atoms. The number of aromatic nitrogens is 1. The second-order valence-corrected chi connectivity index (χ2v) is 3.99. The number of rotatable bonds is 0. The van der Waals surface area contributed by atoms with Crippen molar-refractivity contribution in [3.63, 3.8) is 0 Å². The summed E-state index contributed by atoms with van der Waals surface area (Å²) >= 11 is 3.32. The van der Waals surface area contributed by atoms with Crippen LogP contribution in [0.2, 0.25) is 0 Å². The first-order valence-electron chi connectivity index (χ1n) is 4.10. The number of nitrogens with one attached hydrogen (secondary N) is 1. The average molecular weight is 254 g/mol. The van der Waals surface area contributed by atoms with Crippen molar-refractivity contribution in [1.29, 1.82) is 0 Å². The summed E-state index contributed by atoms with van der Waals surface area (Å²) in [5.74, 6) is -0.000625. The SMILES string of the molecule is Cc1ccc(Br)c2c(O)cc(=O)[nH]c12. The predicted molar refractivity (Wildman–Crippen MR) is 58.7 cm³/mol. The molecule has 0 saturated carbocycles. The molecule has 1 aromatic carbocycles. The van der Waals surface area contributed by atoms with Crippen LogP contribution in [-0.4, -0.2) is 10.1 Å². The van der Waals surface area contributed by atoms with Crippen molar-refractivity contribution in [2.45, 2.75) is 6.92 Å². The van der Waals surface area contributed by atoms with Gasteiger partial charge in [0.15, 0.2) is 0 Å². The van der Waals surface area contributed by atoms with Crippen LogP contribution < -0.4 is 5.56 Å². The number of hydrogen-bond donors (Lipinski definition) is 2. The fourth-order valence-electron chi connectivity index (χ4n) is 1.45. The molecule has 4 heteroatoms. The van der Waals surface area contributed by atoms with Gasteiger partial charge in [0.1, 0.15) is 5.75 Å². The highest BCUT2D eigenvalue weighted by Crippen LogP contribution is 2.30. The van der Waals surface area contributed by atoms with Gasteiger partial charge in [0.05, 0.1) is 10.9 Å². The summed E-state index contributed by atoms with van der Waals surface area (Å²) in [5, 5.41) is 10.3. The molecular weight excluding hydrogens is 246 g/mol. The lowest BCUT2D eigenvalue weighted by atomic mass is 10.1. The Hall–Kier alpha value is -1.29. The molecule has 2 N–H and O–H groups in total. The van der Waals surface area contributed by atoms with Crippen LogP contribution in [0, 0.1) is 6.92 Å². The maximum absolute atomic E-state index is 11.1. The number of fused-ring (bicyclic) bond motifs is 1. The van der Waals surface area contributed by atoms with Gasteiger partial charge in [-0.05, 0) is 34.5 Å². The van der Waals surface area contributed by atoms with Crippen LogP contribution in [0.3, 0.4) is 0 Å². The van der Waals surface area contributed by atoms with Gasteiger partial charge >= 0.3 is 0 Å². The average Bonchev–Trinajstić information content (AvgIpc) is 2.10. The molecule has 0 fully saturated rings. The fourth-order valence-corrected chi connectivity index (χ4v) is 1.98. The first-order chi connectivity index (χ1) is 6.59. The van der Waals surface area contributed by atoms with Crippen molar-refractivity contribution in [2.24, 2.45) is 0 Å². The van der Waals surface area contributed by atoms with Crippen LogP contribution in [0.5, 0.6) is 5.75 Å². The van der Waals surface area contributed by atoms with E-state index in [0.29, 0.717) is 10.9 Å². The summed E-state index contributed by atoms with van der Waals surface area (Å²) in [6, 6.07) is 4.89. The molecule has 1 heterocycles. The maximum Gasteiger partial charge on any atom is 0.252 e. The van der Waals surface area contributed by atoms with Crippen molar-refractivity contribution < 1.29 is 5.11 Å². The van der Waals surface area contributed by atoms with Gasteiger partial charge in [-0.1, -0.05) is 6.07 Å². The summed E-state index contributed by atoms with van der Waals surface area (Å²) in [6.45, 7) is 1.88. The molecular formula is C10H8BrNO2. The zero-order chi connectivity index (χ0) is 10.3. The highest BCUT2D eigenvalue weighted by molar-refractivity contribution is 9.10. The molecule has 0 aliphatic rings. The van der Waals surface area contributed by atoms with E-state index in [9.17, 15) is 9.90 Å². The molecule has 72 valence electrons. The normalized spacial score (nSPS) is 10.7. The van der Waals surface area contributed by atoms with Gasteiger partial charge in [-0.25, -0.2) is 0 Å². The van der Waals surface area contributed by atoms with Crippen molar-refractivity contribution in [2.75, 3.05) is 0 Å². The Balaban J connectivity index is 3.07. The third kappa shape index (κ3) is 1.32. The first-order valence-corrected chi connectivity index (χ1v) is 4.90. The summed E-state index contributed by atoms with van der Waals surface area (Å²) in [5.41, 5.74) is 1.30. The Morgan fingerprint density at radius 2 is 2.14 bits per heavy atom. The number of pyridine rings is 1. The largest absolute Gasteiger partial charge is 0.507 e.